The lowest BCUT2D eigenvalue weighted by Crippen LogP contribution is -2.18. The van der Waals surface area contributed by atoms with Crippen molar-refractivity contribution in [1.82, 2.24) is 0 Å². The predicted molar refractivity (Wildman–Crippen MR) is 66.9 cm³/mol. The van der Waals surface area contributed by atoms with Crippen LogP contribution in [0.15, 0.2) is 0 Å². The highest BCUT2D eigenvalue weighted by Crippen LogP contribution is 1.96. The van der Waals surface area contributed by atoms with Crippen molar-refractivity contribution in [2.24, 2.45) is 0 Å². The zero-order chi connectivity index (χ0) is 12.1. The lowest BCUT2D eigenvalue weighted by molar-refractivity contribution is -0.0241. The van der Waals surface area contributed by atoms with Gasteiger partial charge >= 0.3 is 0 Å². The molecule has 1 unspecified atom stereocenters. The van der Waals surface area contributed by atoms with Gasteiger partial charge < -0.3 is 14.2 Å². The maximum absolute atomic E-state index is 5.56. The van der Waals surface area contributed by atoms with Gasteiger partial charge in [0.2, 0.25) is 0 Å². The lowest BCUT2D eigenvalue weighted by atomic mass is 10.3. The van der Waals surface area contributed by atoms with E-state index in [0.29, 0.717) is 19.8 Å². The molecule has 0 aliphatic carbocycles. The van der Waals surface area contributed by atoms with Gasteiger partial charge in [0, 0.05) is 13.2 Å². The molecule has 1 atom stereocenters. The fraction of sp³-hybridized carbons (Fsp3) is 1.00. The molecule has 0 aliphatic heterocycles. The fourth-order valence-corrected chi connectivity index (χ4v) is 1.19. The molecule has 0 aromatic carbocycles. The molecule has 3 heteroatoms. The van der Waals surface area contributed by atoms with Crippen molar-refractivity contribution in [2.45, 2.75) is 52.6 Å². The molecular weight excluding hydrogens is 204 g/mol. The van der Waals surface area contributed by atoms with Crippen LogP contribution in [0, 0.1) is 0 Å². The van der Waals surface area contributed by atoms with Crippen LogP contribution in [0.5, 0.6) is 0 Å². The minimum absolute atomic E-state index is 0.196. The highest BCUT2D eigenvalue weighted by molar-refractivity contribution is 4.47. The summed E-state index contributed by atoms with van der Waals surface area (Å²) in [4.78, 5) is 0. The van der Waals surface area contributed by atoms with Crippen LogP contribution >= 0.6 is 0 Å². The molecule has 16 heavy (non-hydrogen) atoms. The Morgan fingerprint density at radius 2 is 1.44 bits per heavy atom. The Hall–Kier alpha value is -0.120. The average molecular weight is 232 g/mol. The first-order valence-corrected chi connectivity index (χ1v) is 6.58. The molecule has 0 radical (unpaired) electrons. The van der Waals surface area contributed by atoms with E-state index in [0.717, 1.165) is 26.1 Å². The van der Waals surface area contributed by atoms with E-state index < -0.39 is 0 Å². The summed E-state index contributed by atoms with van der Waals surface area (Å²) in [6.07, 6.45) is 4.82. The first kappa shape index (κ1) is 15.9. The smallest absolute Gasteiger partial charge is 0.0780 e. The van der Waals surface area contributed by atoms with Gasteiger partial charge in [0.15, 0.2) is 0 Å². The van der Waals surface area contributed by atoms with Gasteiger partial charge in [-0.2, -0.15) is 0 Å². The van der Waals surface area contributed by atoms with E-state index in [1.165, 1.54) is 12.8 Å². The minimum atomic E-state index is 0.196. The number of ether oxygens (including phenoxy) is 3. The van der Waals surface area contributed by atoms with Crippen molar-refractivity contribution in [3.63, 3.8) is 0 Å². The van der Waals surface area contributed by atoms with E-state index in [-0.39, 0.29) is 6.10 Å². The first-order valence-electron chi connectivity index (χ1n) is 6.58. The Bertz CT molecular complexity index is 128. The summed E-state index contributed by atoms with van der Waals surface area (Å²) in [7, 11) is 0. The Balaban J connectivity index is 3.06. The van der Waals surface area contributed by atoms with E-state index >= 15 is 0 Å². The largest absolute Gasteiger partial charge is 0.379 e. The van der Waals surface area contributed by atoms with E-state index in [4.69, 9.17) is 14.2 Å². The third-order valence-corrected chi connectivity index (χ3v) is 2.27. The zero-order valence-electron chi connectivity index (χ0n) is 11.2. The summed E-state index contributed by atoms with van der Waals surface area (Å²) in [5, 5.41) is 0. The van der Waals surface area contributed by atoms with Crippen LogP contribution in [0.2, 0.25) is 0 Å². The van der Waals surface area contributed by atoms with Crippen molar-refractivity contribution >= 4 is 0 Å². The second-order valence-electron chi connectivity index (χ2n) is 4.08. The normalized spacial score (nSPS) is 12.9. The van der Waals surface area contributed by atoms with Gasteiger partial charge in [0.25, 0.3) is 0 Å². The molecule has 0 bridgehead atoms. The summed E-state index contributed by atoms with van der Waals surface area (Å²) in [5.74, 6) is 0. The van der Waals surface area contributed by atoms with Crippen molar-refractivity contribution in [3.8, 4) is 0 Å². The summed E-state index contributed by atoms with van der Waals surface area (Å²) in [6.45, 7) is 10.1. The van der Waals surface area contributed by atoms with Gasteiger partial charge in [0.05, 0.1) is 25.9 Å². The average Bonchev–Trinajstić information content (AvgIpc) is 2.28. The minimum Gasteiger partial charge on any atom is -0.379 e. The van der Waals surface area contributed by atoms with Crippen LogP contribution in [-0.2, 0) is 14.2 Å². The maximum atomic E-state index is 5.56. The standard InChI is InChI=1S/C13H28O3/c1-4-6-8-14-10-11-15-12-13(3)16-9-7-5-2/h13H,4-12H2,1-3H3. The van der Waals surface area contributed by atoms with E-state index in [2.05, 4.69) is 13.8 Å². The third kappa shape index (κ3) is 12.0. The highest BCUT2D eigenvalue weighted by atomic mass is 16.5. The van der Waals surface area contributed by atoms with Crippen molar-refractivity contribution < 1.29 is 14.2 Å². The Morgan fingerprint density at radius 3 is 2.12 bits per heavy atom. The van der Waals surface area contributed by atoms with E-state index in [1.54, 1.807) is 0 Å². The van der Waals surface area contributed by atoms with Crippen LogP contribution in [0.1, 0.15) is 46.5 Å². The molecule has 0 spiro atoms. The van der Waals surface area contributed by atoms with Gasteiger partial charge in [-0.25, -0.2) is 0 Å². The molecule has 0 aliphatic rings. The monoisotopic (exact) mass is 232 g/mol. The van der Waals surface area contributed by atoms with Crippen LogP contribution in [0.25, 0.3) is 0 Å². The molecule has 0 saturated heterocycles. The summed E-state index contributed by atoms with van der Waals surface area (Å²) >= 11 is 0. The van der Waals surface area contributed by atoms with Crippen molar-refractivity contribution in [2.75, 3.05) is 33.0 Å². The summed E-state index contributed by atoms with van der Waals surface area (Å²) in [5.41, 5.74) is 0. The SMILES string of the molecule is CCCCOCCOCC(C)OCCCC. The summed E-state index contributed by atoms with van der Waals surface area (Å²) < 4.78 is 16.4. The summed E-state index contributed by atoms with van der Waals surface area (Å²) in [6, 6.07) is 0. The molecular formula is C13H28O3. The molecule has 0 heterocycles. The van der Waals surface area contributed by atoms with Gasteiger partial charge in [-0.15, -0.1) is 0 Å². The van der Waals surface area contributed by atoms with Crippen LogP contribution in [0.4, 0.5) is 0 Å². The molecule has 0 aromatic rings. The second kappa shape index (κ2) is 12.9. The van der Waals surface area contributed by atoms with E-state index in [1.807, 2.05) is 6.92 Å². The van der Waals surface area contributed by atoms with Crippen LogP contribution < -0.4 is 0 Å². The molecule has 0 N–H and O–H groups in total. The van der Waals surface area contributed by atoms with Gasteiger partial charge in [-0.3, -0.25) is 0 Å². The molecule has 0 saturated carbocycles. The Labute approximate surface area is 100 Å². The third-order valence-electron chi connectivity index (χ3n) is 2.27. The van der Waals surface area contributed by atoms with Gasteiger partial charge in [-0.05, 0) is 19.8 Å². The van der Waals surface area contributed by atoms with Gasteiger partial charge in [-0.1, -0.05) is 26.7 Å². The maximum Gasteiger partial charge on any atom is 0.0780 e. The lowest BCUT2D eigenvalue weighted by Gasteiger charge is -2.13. The Morgan fingerprint density at radius 1 is 0.812 bits per heavy atom. The van der Waals surface area contributed by atoms with Gasteiger partial charge in [0.1, 0.15) is 0 Å². The number of unbranched alkanes of at least 4 members (excludes halogenated alkanes) is 2. The van der Waals surface area contributed by atoms with E-state index in [9.17, 15) is 0 Å². The number of hydrogen-bond donors (Lipinski definition) is 0. The molecule has 0 fully saturated rings. The second-order valence-corrected chi connectivity index (χ2v) is 4.08. The fourth-order valence-electron chi connectivity index (χ4n) is 1.19. The predicted octanol–water partition coefficient (Wildman–Crippen LogP) is 3.02. The highest BCUT2D eigenvalue weighted by Gasteiger charge is 2.01. The zero-order valence-corrected chi connectivity index (χ0v) is 11.2. The van der Waals surface area contributed by atoms with Crippen LogP contribution in [-0.4, -0.2) is 39.1 Å². The van der Waals surface area contributed by atoms with Crippen molar-refractivity contribution in [3.05, 3.63) is 0 Å². The molecule has 0 amide bonds. The Kier molecular flexibility index (Phi) is 12.9. The molecule has 0 rings (SSSR count). The quantitative estimate of drug-likeness (QED) is 0.484. The molecule has 0 aromatic heterocycles. The molecule has 3 nitrogen and oxygen atoms in total. The first-order chi connectivity index (χ1) is 7.81. The molecule has 98 valence electrons. The van der Waals surface area contributed by atoms with Crippen molar-refractivity contribution in [1.29, 1.82) is 0 Å². The van der Waals surface area contributed by atoms with Crippen LogP contribution in [0.3, 0.4) is 0 Å². The topological polar surface area (TPSA) is 27.7 Å². The number of hydrogen-bond acceptors (Lipinski definition) is 3. The number of rotatable bonds is 12.